The Kier molecular flexibility index (Phi) is 9.95. The average Bonchev–Trinajstić information content (AvgIpc) is 2.21. The molecule has 0 spiro atoms. The number of rotatable bonds is 9. The van der Waals surface area contributed by atoms with Crippen LogP contribution in [0.4, 0.5) is 0 Å². The molecule has 0 aliphatic heterocycles. The molecule has 0 atom stereocenters. The summed E-state index contributed by atoms with van der Waals surface area (Å²) in [5.74, 6) is 4.75. The van der Waals surface area contributed by atoms with Gasteiger partial charge in [-0.05, 0) is 12.8 Å². The van der Waals surface area contributed by atoms with E-state index in [0.717, 1.165) is 13.0 Å². The summed E-state index contributed by atoms with van der Waals surface area (Å²) in [6.45, 7) is 4.62. The van der Waals surface area contributed by atoms with Gasteiger partial charge in [0.25, 0.3) is 0 Å². The lowest BCUT2D eigenvalue weighted by Gasteiger charge is -2.04. The first-order valence-corrected chi connectivity index (χ1v) is 4.96. The van der Waals surface area contributed by atoms with Gasteiger partial charge in [0, 0.05) is 19.6 Å². The van der Waals surface area contributed by atoms with Crippen LogP contribution >= 0.6 is 0 Å². The molecule has 0 fully saturated rings. The van der Waals surface area contributed by atoms with Gasteiger partial charge < -0.3 is 9.47 Å². The van der Waals surface area contributed by atoms with E-state index in [0.29, 0.717) is 32.7 Å². The maximum Gasteiger partial charge on any atom is 0.233 e. The molecule has 0 aromatic carbocycles. The molecule has 0 aromatic heterocycles. The Morgan fingerprint density at radius 2 is 1.86 bits per heavy atom. The lowest BCUT2D eigenvalue weighted by molar-refractivity contribution is -0.121. The van der Waals surface area contributed by atoms with Crippen molar-refractivity contribution >= 4 is 5.91 Å². The van der Waals surface area contributed by atoms with Crippen molar-refractivity contribution in [2.24, 2.45) is 5.84 Å². The zero-order valence-electron chi connectivity index (χ0n) is 8.75. The largest absolute Gasteiger partial charge is 0.379 e. The quantitative estimate of drug-likeness (QED) is 0.243. The smallest absolute Gasteiger partial charge is 0.233 e. The Hall–Kier alpha value is -0.650. The second-order valence-electron chi connectivity index (χ2n) is 2.90. The molecule has 0 aliphatic carbocycles. The summed E-state index contributed by atoms with van der Waals surface area (Å²) in [5.41, 5.74) is 2.06. The lowest BCUT2D eigenvalue weighted by Crippen LogP contribution is -2.29. The number of amides is 1. The van der Waals surface area contributed by atoms with Gasteiger partial charge in [0.05, 0.1) is 13.2 Å². The van der Waals surface area contributed by atoms with Crippen LogP contribution in [0.5, 0.6) is 0 Å². The topological polar surface area (TPSA) is 73.6 Å². The fourth-order valence-corrected chi connectivity index (χ4v) is 0.873. The minimum absolute atomic E-state index is 0.157. The molecule has 3 N–H and O–H groups in total. The van der Waals surface area contributed by atoms with Crippen molar-refractivity contribution in [2.45, 2.75) is 26.2 Å². The number of hydrogen-bond acceptors (Lipinski definition) is 4. The van der Waals surface area contributed by atoms with E-state index < -0.39 is 0 Å². The molecule has 14 heavy (non-hydrogen) atoms. The van der Waals surface area contributed by atoms with Crippen molar-refractivity contribution in [2.75, 3.05) is 26.4 Å². The highest BCUT2D eigenvalue weighted by Gasteiger charge is 1.97. The van der Waals surface area contributed by atoms with Crippen LogP contribution < -0.4 is 11.3 Å². The molecule has 0 aromatic rings. The number of nitrogens with two attached hydrogens (primary N) is 1. The van der Waals surface area contributed by atoms with Gasteiger partial charge in [-0.3, -0.25) is 10.2 Å². The first-order valence-electron chi connectivity index (χ1n) is 4.96. The minimum Gasteiger partial charge on any atom is -0.379 e. The molecule has 0 aliphatic rings. The predicted molar refractivity (Wildman–Crippen MR) is 53.5 cm³/mol. The van der Waals surface area contributed by atoms with Crippen molar-refractivity contribution in [1.82, 2.24) is 5.43 Å². The Labute approximate surface area is 84.9 Å². The molecule has 0 bridgehead atoms. The first kappa shape index (κ1) is 13.4. The van der Waals surface area contributed by atoms with Crippen LogP contribution in [0.25, 0.3) is 0 Å². The number of carbonyl (C=O) groups is 1. The standard InChI is InChI=1S/C9H20N2O3/c1-2-5-13-7-8-14-6-3-4-9(12)11-10/h2-8,10H2,1H3,(H,11,12). The molecule has 0 saturated carbocycles. The van der Waals surface area contributed by atoms with E-state index in [1.165, 1.54) is 0 Å². The number of nitrogens with one attached hydrogen (secondary N) is 1. The zero-order chi connectivity index (χ0) is 10.6. The average molecular weight is 204 g/mol. The highest BCUT2D eigenvalue weighted by Crippen LogP contribution is 1.90. The lowest BCUT2D eigenvalue weighted by atomic mass is 10.3. The first-order chi connectivity index (χ1) is 6.81. The molecule has 1 amide bonds. The van der Waals surface area contributed by atoms with Crippen LogP contribution in [-0.4, -0.2) is 32.3 Å². The van der Waals surface area contributed by atoms with Gasteiger partial charge in [0.2, 0.25) is 5.91 Å². The SMILES string of the molecule is CCCOCCOCCCC(=O)NN. The summed E-state index contributed by atoms with van der Waals surface area (Å²) >= 11 is 0. The van der Waals surface area contributed by atoms with E-state index in [-0.39, 0.29) is 5.91 Å². The van der Waals surface area contributed by atoms with Crippen molar-refractivity contribution in [3.63, 3.8) is 0 Å². The van der Waals surface area contributed by atoms with Crippen LogP contribution in [0, 0.1) is 0 Å². The fourth-order valence-electron chi connectivity index (χ4n) is 0.873. The number of carbonyl (C=O) groups excluding carboxylic acids is 1. The monoisotopic (exact) mass is 204 g/mol. The van der Waals surface area contributed by atoms with E-state index in [1.807, 2.05) is 0 Å². The Balaban J connectivity index is 2.95. The molecule has 5 nitrogen and oxygen atoms in total. The van der Waals surface area contributed by atoms with Crippen LogP contribution in [0.1, 0.15) is 26.2 Å². The summed E-state index contributed by atoms with van der Waals surface area (Å²) in [6, 6.07) is 0. The third kappa shape index (κ3) is 9.44. The number of hydrazine groups is 1. The van der Waals surface area contributed by atoms with Gasteiger partial charge in [-0.25, -0.2) is 5.84 Å². The maximum absolute atomic E-state index is 10.7. The predicted octanol–water partition coefficient (Wildman–Crippen LogP) is 0.200. The highest BCUT2D eigenvalue weighted by atomic mass is 16.5. The zero-order valence-corrected chi connectivity index (χ0v) is 8.75. The van der Waals surface area contributed by atoms with Gasteiger partial charge in [0.15, 0.2) is 0 Å². The molecule has 0 radical (unpaired) electrons. The second kappa shape index (κ2) is 10.4. The summed E-state index contributed by atoms with van der Waals surface area (Å²) in [5, 5.41) is 0. The fraction of sp³-hybridized carbons (Fsp3) is 0.889. The van der Waals surface area contributed by atoms with E-state index in [4.69, 9.17) is 15.3 Å². The third-order valence-electron chi connectivity index (χ3n) is 1.57. The van der Waals surface area contributed by atoms with Crippen molar-refractivity contribution in [3.8, 4) is 0 Å². The van der Waals surface area contributed by atoms with Crippen LogP contribution in [0.3, 0.4) is 0 Å². The van der Waals surface area contributed by atoms with Crippen LogP contribution in [0.15, 0.2) is 0 Å². The van der Waals surface area contributed by atoms with Crippen LogP contribution in [0.2, 0.25) is 0 Å². The van der Waals surface area contributed by atoms with E-state index in [2.05, 4.69) is 12.3 Å². The number of hydrogen-bond donors (Lipinski definition) is 2. The summed E-state index contributed by atoms with van der Waals surface area (Å²) in [6.07, 6.45) is 2.12. The maximum atomic E-state index is 10.7. The third-order valence-corrected chi connectivity index (χ3v) is 1.57. The summed E-state index contributed by atoms with van der Waals surface area (Å²) in [7, 11) is 0. The van der Waals surface area contributed by atoms with E-state index >= 15 is 0 Å². The Morgan fingerprint density at radius 1 is 1.21 bits per heavy atom. The van der Waals surface area contributed by atoms with Crippen LogP contribution in [-0.2, 0) is 14.3 Å². The molecule has 5 heteroatoms. The molecule has 84 valence electrons. The van der Waals surface area contributed by atoms with Gasteiger partial charge in [-0.15, -0.1) is 0 Å². The van der Waals surface area contributed by atoms with Crippen molar-refractivity contribution in [1.29, 1.82) is 0 Å². The molecular weight excluding hydrogens is 184 g/mol. The van der Waals surface area contributed by atoms with E-state index in [9.17, 15) is 4.79 Å². The Morgan fingerprint density at radius 3 is 2.43 bits per heavy atom. The minimum atomic E-state index is -0.157. The summed E-state index contributed by atoms with van der Waals surface area (Å²) in [4.78, 5) is 10.7. The molecule has 0 saturated heterocycles. The summed E-state index contributed by atoms with van der Waals surface area (Å²) < 4.78 is 10.4. The van der Waals surface area contributed by atoms with Gasteiger partial charge >= 0.3 is 0 Å². The van der Waals surface area contributed by atoms with Crippen molar-refractivity contribution < 1.29 is 14.3 Å². The normalized spacial score (nSPS) is 10.1. The molecule has 0 rings (SSSR count). The Bertz CT molecular complexity index is 142. The van der Waals surface area contributed by atoms with Gasteiger partial charge in [-0.1, -0.05) is 6.92 Å². The second-order valence-corrected chi connectivity index (χ2v) is 2.90. The van der Waals surface area contributed by atoms with Crippen molar-refractivity contribution in [3.05, 3.63) is 0 Å². The highest BCUT2D eigenvalue weighted by molar-refractivity contribution is 5.75. The van der Waals surface area contributed by atoms with Gasteiger partial charge in [0.1, 0.15) is 0 Å². The van der Waals surface area contributed by atoms with E-state index in [1.54, 1.807) is 0 Å². The molecular formula is C9H20N2O3. The molecule has 0 heterocycles. The number of ether oxygens (including phenoxy) is 2. The molecule has 0 unspecified atom stereocenters. The van der Waals surface area contributed by atoms with Gasteiger partial charge in [-0.2, -0.15) is 0 Å².